The molecule has 5 heteroatoms. The first-order chi connectivity index (χ1) is 8.13. The molecule has 1 aromatic rings. The number of hydrogen-bond acceptors (Lipinski definition) is 2. The van der Waals surface area contributed by atoms with Gasteiger partial charge in [0, 0.05) is 0 Å². The molecule has 0 saturated carbocycles. The Morgan fingerprint density at radius 2 is 2.18 bits per heavy atom. The van der Waals surface area contributed by atoms with Gasteiger partial charge in [-0.25, -0.2) is 0 Å². The third kappa shape index (κ3) is 2.27. The molecule has 0 aliphatic carbocycles. The topological polar surface area (TPSA) is 53.3 Å². The summed E-state index contributed by atoms with van der Waals surface area (Å²) >= 11 is 2.62. The first-order valence-electron chi connectivity index (χ1n) is 4.96. The predicted molar refractivity (Wildman–Crippen MR) is 63.2 cm³/mol. The molecule has 1 N–H and O–H groups in total. The van der Waals surface area contributed by atoms with Gasteiger partial charge >= 0.3 is 106 Å². The SMILES string of the molecule is N=C=C1C([Se])=NC(=O)CC1c1ccccc1F. The van der Waals surface area contributed by atoms with E-state index in [9.17, 15) is 9.18 Å². The second kappa shape index (κ2) is 4.76. The zero-order chi connectivity index (χ0) is 12.4. The molecule has 1 unspecified atom stereocenters. The number of nitrogens with one attached hydrogen (secondary N) is 1. The molecule has 0 aromatic heterocycles. The van der Waals surface area contributed by atoms with Crippen LogP contribution < -0.4 is 0 Å². The first kappa shape index (κ1) is 11.9. The van der Waals surface area contributed by atoms with Gasteiger partial charge in [0.25, 0.3) is 0 Å². The molecule has 1 heterocycles. The fraction of sp³-hybridized carbons (Fsp3) is 0.167. The minimum atomic E-state index is -0.477. The van der Waals surface area contributed by atoms with Crippen LogP contribution in [0.15, 0.2) is 34.8 Å². The van der Waals surface area contributed by atoms with Crippen molar-refractivity contribution in [1.82, 2.24) is 0 Å². The Hall–Kier alpha value is -1.54. The van der Waals surface area contributed by atoms with E-state index >= 15 is 0 Å². The van der Waals surface area contributed by atoms with Gasteiger partial charge in [-0.1, -0.05) is 0 Å². The van der Waals surface area contributed by atoms with E-state index in [1.54, 1.807) is 18.2 Å². The van der Waals surface area contributed by atoms with E-state index in [0.29, 0.717) is 15.7 Å². The Morgan fingerprint density at radius 1 is 1.47 bits per heavy atom. The van der Waals surface area contributed by atoms with Gasteiger partial charge in [0.05, 0.1) is 0 Å². The van der Waals surface area contributed by atoms with Crippen molar-refractivity contribution < 1.29 is 9.18 Å². The van der Waals surface area contributed by atoms with E-state index in [1.165, 1.54) is 6.07 Å². The standard InChI is InChI=1S/C12H8FN2OSe/c13-10-4-2-1-3-7(10)8-5-11(16)15-12(17)9(8)6-14/h1-4,8,14H,5H2. The molecule has 1 aromatic carbocycles. The fourth-order valence-corrected chi connectivity index (χ4v) is 2.43. The van der Waals surface area contributed by atoms with Crippen molar-refractivity contribution in [1.29, 1.82) is 5.41 Å². The van der Waals surface area contributed by atoms with Crippen molar-refractivity contribution >= 4 is 32.4 Å². The summed E-state index contributed by atoms with van der Waals surface area (Å²) < 4.78 is 14.0. The first-order valence-corrected chi connectivity index (χ1v) is 5.82. The number of aliphatic imine (C=N–C) groups is 1. The van der Waals surface area contributed by atoms with Crippen LogP contribution >= 0.6 is 0 Å². The van der Waals surface area contributed by atoms with E-state index in [0.717, 1.165) is 0 Å². The van der Waals surface area contributed by atoms with Gasteiger partial charge in [-0.3, -0.25) is 0 Å². The fourth-order valence-electron chi connectivity index (χ4n) is 1.81. The molecule has 3 nitrogen and oxygen atoms in total. The van der Waals surface area contributed by atoms with Crippen LogP contribution in [0.3, 0.4) is 0 Å². The van der Waals surface area contributed by atoms with Crippen LogP contribution in [0.4, 0.5) is 4.39 Å². The van der Waals surface area contributed by atoms with Gasteiger partial charge < -0.3 is 0 Å². The molecule has 0 bridgehead atoms. The van der Waals surface area contributed by atoms with E-state index in [-0.39, 0.29) is 18.1 Å². The molecule has 1 atom stereocenters. The summed E-state index contributed by atoms with van der Waals surface area (Å²) in [6.07, 6.45) is 0.0767. The van der Waals surface area contributed by atoms with Crippen LogP contribution in [-0.2, 0) is 4.79 Å². The van der Waals surface area contributed by atoms with Gasteiger partial charge in [0.2, 0.25) is 0 Å². The van der Waals surface area contributed by atoms with E-state index < -0.39 is 5.92 Å². The molecule has 85 valence electrons. The van der Waals surface area contributed by atoms with Crippen LogP contribution in [-0.4, -0.2) is 32.4 Å². The molecule has 0 spiro atoms. The molecule has 2 rings (SSSR count). The molecule has 0 fully saturated rings. The molecule has 1 amide bonds. The van der Waals surface area contributed by atoms with Gasteiger partial charge in [0.1, 0.15) is 0 Å². The van der Waals surface area contributed by atoms with Crippen LogP contribution in [0.2, 0.25) is 0 Å². The monoisotopic (exact) mass is 295 g/mol. The Balaban J connectivity index is 2.53. The molecular formula is C12H8FN2OSe. The molecule has 1 radical (unpaired) electrons. The number of carbonyl (C=O) groups excluding carboxylic acids is 1. The number of hydrogen-bond donors (Lipinski definition) is 1. The molecule has 17 heavy (non-hydrogen) atoms. The van der Waals surface area contributed by atoms with Gasteiger partial charge in [-0.2, -0.15) is 0 Å². The van der Waals surface area contributed by atoms with E-state index in [4.69, 9.17) is 5.41 Å². The molecule has 0 saturated heterocycles. The van der Waals surface area contributed by atoms with Crippen LogP contribution in [0.25, 0.3) is 0 Å². The van der Waals surface area contributed by atoms with Crippen LogP contribution in [0, 0.1) is 11.2 Å². The van der Waals surface area contributed by atoms with Crippen molar-refractivity contribution in [2.75, 3.05) is 0 Å². The Labute approximate surface area is 106 Å². The number of carbonyl (C=O) groups is 1. The molecule has 1 aliphatic heterocycles. The quantitative estimate of drug-likeness (QED) is 0.620. The summed E-state index contributed by atoms with van der Waals surface area (Å²) in [5.41, 5.74) is 0.827. The van der Waals surface area contributed by atoms with Crippen molar-refractivity contribution in [3.63, 3.8) is 0 Å². The van der Waals surface area contributed by atoms with E-state index in [1.807, 2.05) is 0 Å². The second-order valence-corrected chi connectivity index (χ2v) is 4.44. The maximum absolute atomic E-state index is 13.7. The summed E-state index contributed by atoms with van der Waals surface area (Å²) in [6.45, 7) is 0. The average molecular weight is 294 g/mol. The Bertz CT molecular complexity index is 561. The summed E-state index contributed by atoms with van der Waals surface area (Å²) in [6, 6.07) is 6.25. The maximum atomic E-state index is 13.7. The van der Waals surface area contributed by atoms with Gasteiger partial charge in [-0.05, 0) is 0 Å². The summed E-state index contributed by atoms with van der Waals surface area (Å²) in [7, 11) is 0. The van der Waals surface area contributed by atoms with Gasteiger partial charge in [-0.15, -0.1) is 0 Å². The average Bonchev–Trinajstić information content (AvgIpc) is 2.28. The summed E-state index contributed by atoms with van der Waals surface area (Å²) in [4.78, 5) is 15.1. The summed E-state index contributed by atoms with van der Waals surface area (Å²) in [5.74, 6) is 1.06. The number of nitrogens with zero attached hydrogens (tertiary/aromatic N) is 1. The van der Waals surface area contributed by atoms with E-state index in [2.05, 4.69) is 26.9 Å². The van der Waals surface area contributed by atoms with Crippen LogP contribution in [0.5, 0.6) is 0 Å². The number of halogens is 1. The second-order valence-electron chi connectivity index (χ2n) is 3.63. The van der Waals surface area contributed by atoms with Crippen molar-refractivity contribution in [2.24, 2.45) is 4.99 Å². The third-order valence-corrected chi connectivity index (χ3v) is 3.25. The van der Waals surface area contributed by atoms with Crippen molar-refractivity contribution in [3.05, 3.63) is 41.2 Å². The van der Waals surface area contributed by atoms with Crippen LogP contribution in [0.1, 0.15) is 17.9 Å². The van der Waals surface area contributed by atoms with Crippen molar-refractivity contribution in [3.8, 4) is 0 Å². The number of rotatable bonds is 1. The zero-order valence-corrected chi connectivity index (χ0v) is 10.4. The minimum absolute atomic E-state index is 0.0767. The Kier molecular flexibility index (Phi) is 3.34. The normalized spacial score (nSPS) is 19.8. The Morgan fingerprint density at radius 3 is 2.82 bits per heavy atom. The zero-order valence-electron chi connectivity index (χ0n) is 8.74. The number of amides is 1. The van der Waals surface area contributed by atoms with Gasteiger partial charge in [0.15, 0.2) is 0 Å². The number of allylic oxidation sites excluding steroid dienone is 1. The summed E-state index contributed by atoms with van der Waals surface area (Å²) in [5, 5.41) is 7.22. The molecule has 1 aliphatic rings. The molecular weight excluding hydrogens is 286 g/mol. The predicted octanol–water partition coefficient (Wildman–Crippen LogP) is 1.58. The number of benzene rings is 1. The third-order valence-electron chi connectivity index (χ3n) is 2.60. The van der Waals surface area contributed by atoms with Crippen molar-refractivity contribution in [2.45, 2.75) is 12.3 Å².